The topological polar surface area (TPSA) is 62.7 Å². The quantitative estimate of drug-likeness (QED) is 0.461. The van der Waals surface area contributed by atoms with Crippen LogP contribution >= 0.6 is 11.6 Å². The van der Waals surface area contributed by atoms with Crippen molar-refractivity contribution >= 4 is 11.6 Å². The fraction of sp³-hybridized carbons (Fsp3) is 0.692. The number of methoxy groups -OCH3 is 1. The molecule has 0 radical (unpaired) electrons. The summed E-state index contributed by atoms with van der Waals surface area (Å²) in [5.41, 5.74) is 0. The van der Waals surface area contributed by atoms with Crippen LogP contribution in [0.1, 0.15) is 19.2 Å². The Balaban J connectivity index is 2.26. The smallest absolute Gasteiger partial charge is 0.218 e. The van der Waals surface area contributed by atoms with Crippen LogP contribution in [-0.2, 0) is 20.8 Å². The highest BCUT2D eigenvalue weighted by atomic mass is 35.5. The number of hydrogen-bond acceptors (Lipinski definition) is 6. The summed E-state index contributed by atoms with van der Waals surface area (Å²) in [4.78, 5) is 8.25. The van der Waals surface area contributed by atoms with E-state index in [1.54, 1.807) is 13.2 Å². The maximum atomic E-state index is 5.89. The van der Waals surface area contributed by atoms with Crippen LogP contribution in [0, 0.1) is 0 Å². The van der Waals surface area contributed by atoms with Crippen molar-refractivity contribution in [3.8, 4) is 5.88 Å². The lowest BCUT2D eigenvalue weighted by atomic mass is 10.5. The maximum absolute atomic E-state index is 5.89. The molecule has 1 rings (SSSR count). The molecule has 0 aliphatic rings. The second kappa shape index (κ2) is 10.8. The van der Waals surface area contributed by atoms with E-state index in [1.807, 2.05) is 6.92 Å². The minimum atomic E-state index is 0.320. The molecule has 0 fully saturated rings. The average molecular weight is 305 g/mol. The first-order valence-corrected chi connectivity index (χ1v) is 6.94. The summed E-state index contributed by atoms with van der Waals surface area (Å²) in [6.45, 7) is 5.08. The van der Waals surface area contributed by atoms with Crippen molar-refractivity contribution in [2.45, 2.75) is 20.0 Å². The third kappa shape index (κ3) is 7.59. The third-order valence-electron chi connectivity index (χ3n) is 2.27. The zero-order valence-electron chi connectivity index (χ0n) is 11.9. The van der Waals surface area contributed by atoms with Crippen LogP contribution < -0.4 is 4.74 Å². The molecule has 0 spiro atoms. The van der Waals surface area contributed by atoms with Crippen molar-refractivity contribution in [3.63, 3.8) is 0 Å². The largest absolute Gasteiger partial charge is 0.475 e. The van der Waals surface area contributed by atoms with E-state index in [4.69, 9.17) is 30.5 Å². The van der Waals surface area contributed by atoms with Crippen molar-refractivity contribution < 1.29 is 18.9 Å². The fourth-order valence-electron chi connectivity index (χ4n) is 1.39. The second-order valence-electron chi connectivity index (χ2n) is 3.89. The second-order valence-corrected chi connectivity index (χ2v) is 4.28. The lowest BCUT2D eigenvalue weighted by Gasteiger charge is -2.08. The van der Waals surface area contributed by atoms with Crippen molar-refractivity contribution in [2.24, 2.45) is 0 Å². The highest BCUT2D eigenvalue weighted by molar-refractivity contribution is 6.29. The molecule has 6 nitrogen and oxygen atoms in total. The summed E-state index contributed by atoms with van der Waals surface area (Å²) in [7, 11) is 1.67. The molecule has 0 amide bonds. The SMILES string of the molecule is CCOCc1nc(Cl)cc(OCCOCCCOC)n1. The lowest BCUT2D eigenvalue weighted by molar-refractivity contribution is 0.0791. The Kier molecular flexibility index (Phi) is 9.23. The predicted molar refractivity (Wildman–Crippen MR) is 75.2 cm³/mol. The molecule has 0 aliphatic carbocycles. The number of hydrogen-bond donors (Lipinski definition) is 0. The van der Waals surface area contributed by atoms with E-state index in [9.17, 15) is 0 Å². The highest BCUT2D eigenvalue weighted by Crippen LogP contribution is 2.14. The van der Waals surface area contributed by atoms with Crippen molar-refractivity contribution in [3.05, 3.63) is 17.0 Å². The first-order valence-electron chi connectivity index (χ1n) is 6.57. The van der Waals surface area contributed by atoms with Gasteiger partial charge in [-0.05, 0) is 13.3 Å². The Bertz CT molecular complexity index is 379. The minimum Gasteiger partial charge on any atom is -0.475 e. The molecule has 0 N–H and O–H groups in total. The van der Waals surface area contributed by atoms with Crippen LogP contribution in [-0.4, -0.2) is 50.1 Å². The molecule has 1 aromatic rings. The highest BCUT2D eigenvalue weighted by Gasteiger charge is 2.04. The van der Waals surface area contributed by atoms with E-state index in [-0.39, 0.29) is 0 Å². The number of halogens is 1. The molecule has 20 heavy (non-hydrogen) atoms. The summed E-state index contributed by atoms with van der Waals surface area (Å²) < 4.78 is 21.0. The Labute approximate surface area is 124 Å². The van der Waals surface area contributed by atoms with Gasteiger partial charge in [0.2, 0.25) is 5.88 Å². The molecule has 0 bridgehead atoms. The van der Waals surface area contributed by atoms with Crippen LogP contribution in [0.2, 0.25) is 5.15 Å². The summed E-state index contributed by atoms with van der Waals surface area (Å²) >= 11 is 5.89. The minimum absolute atomic E-state index is 0.320. The molecule has 0 atom stereocenters. The van der Waals surface area contributed by atoms with E-state index in [1.165, 1.54) is 0 Å². The van der Waals surface area contributed by atoms with Crippen molar-refractivity contribution in [1.29, 1.82) is 0 Å². The molecule has 0 saturated heterocycles. The van der Waals surface area contributed by atoms with Gasteiger partial charge in [-0.15, -0.1) is 0 Å². The molecule has 7 heteroatoms. The molecule has 1 aromatic heterocycles. The molecule has 0 aromatic carbocycles. The van der Waals surface area contributed by atoms with E-state index in [2.05, 4.69) is 9.97 Å². The molecule has 0 aliphatic heterocycles. The predicted octanol–water partition coefficient (Wildman–Crippen LogP) is 2.10. The Morgan fingerprint density at radius 1 is 1.10 bits per heavy atom. The molecular weight excluding hydrogens is 284 g/mol. The standard InChI is InChI=1S/C13H21ClN2O4/c1-3-18-10-12-15-11(14)9-13(16-12)20-8-7-19-6-4-5-17-2/h9H,3-8,10H2,1-2H3. The van der Waals surface area contributed by atoms with Gasteiger partial charge in [-0.1, -0.05) is 11.6 Å². The summed E-state index contributed by atoms with van der Waals surface area (Å²) in [5.74, 6) is 0.940. The van der Waals surface area contributed by atoms with Gasteiger partial charge >= 0.3 is 0 Å². The zero-order valence-corrected chi connectivity index (χ0v) is 12.7. The molecule has 114 valence electrons. The number of aromatic nitrogens is 2. The first-order chi connectivity index (χ1) is 9.76. The van der Waals surface area contributed by atoms with Crippen LogP contribution in [0.15, 0.2) is 6.07 Å². The van der Waals surface area contributed by atoms with Gasteiger partial charge in [0.1, 0.15) is 18.4 Å². The number of rotatable bonds is 11. The summed E-state index contributed by atoms with van der Waals surface area (Å²) in [6.07, 6.45) is 0.869. The average Bonchev–Trinajstić information content (AvgIpc) is 2.43. The summed E-state index contributed by atoms with van der Waals surface area (Å²) in [5, 5.41) is 0.339. The fourth-order valence-corrected chi connectivity index (χ4v) is 1.58. The van der Waals surface area contributed by atoms with Gasteiger partial charge < -0.3 is 18.9 Å². The van der Waals surface area contributed by atoms with E-state index >= 15 is 0 Å². The molecule has 1 heterocycles. The Morgan fingerprint density at radius 3 is 2.70 bits per heavy atom. The third-order valence-corrected chi connectivity index (χ3v) is 2.46. The first kappa shape index (κ1) is 17.1. The molecule has 0 unspecified atom stereocenters. The van der Waals surface area contributed by atoms with E-state index < -0.39 is 0 Å². The van der Waals surface area contributed by atoms with Gasteiger partial charge in [0.05, 0.1) is 6.61 Å². The van der Waals surface area contributed by atoms with Gasteiger partial charge in [0, 0.05) is 33.0 Å². The van der Waals surface area contributed by atoms with Crippen LogP contribution in [0.25, 0.3) is 0 Å². The summed E-state index contributed by atoms with van der Waals surface area (Å²) in [6, 6.07) is 1.57. The Hall–Kier alpha value is -0.950. The van der Waals surface area contributed by atoms with Gasteiger partial charge in [0.15, 0.2) is 5.82 Å². The van der Waals surface area contributed by atoms with Crippen molar-refractivity contribution in [2.75, 3.05) is 40.1 Å². The number of nitrogens with zero attached hydrogens (tertiary/aromatic N) is 2. The van der Waals surface area contributed by atoms with Crippen LogP contribution in [0.3, 0.4) is 0 Å². The maximum Gasteiger partial charge on any atom is 0.218 e. The van der Waals surface area contributed by atoms with E-state index in [0.717, 1.165) is 6.42 Å². The Morgan fingerprint density at radius 2 is 1.95 bits per heavy atom. The van der Waals surface area contributed by atoms with Gasteiger partial charge in [-0.2, -0.15) is 4.98 Å². The monoisotopic (exact) mass is 304 g/mol. The van der Waals surface area contributed by atoms with Gasteiger partial charge in [-0.25, -0.2) is 4.98 Å². The van der Waals surface area contributed by atoms with Crippen LogP contribution in [0.4, 0.5) is 0 Å². The van der Waals surface area contributed by atoms with Crippen LogP contribution in [0.5, 0.6) is 5.88 Å². The molecular formula is C13H21ClN2O4. The molecule has 0 saturated carbocycles. The van der Waals surface area contributed by atoms with Gasteiger partial charge in [-0.3, -0.25) is 0 Å². The zero-order chi connectivity index (χ0) is 14.6. The van der Waals surface area contributed by atoms with Gasteiger partial charge in [0.25, 0.3) is 0 Å². The van der Waals surface area contributed by atoms with Crippen molar-refractivity contribution in [1.82, 2.24) is 9.97 Å². The normalized spacial score (nSPS) is 10.8. The van der Waals surface area contributed by atoms with E-state index in [0.29, 0.717) is 56.5 Å². The number of ether oxygens (including phenoxy) is 4. The lowest BCUT2D eigenvalue weighted by Crippen LogP contribution is -2.10.